The van der Waals surface area contributed by atoms with Crippen LogP contribution in [0.25, 0.3) is 0 Å². The van der Waals surface area contributed by atoms with Gasteiger partial charge in [0.15, 0.2) is 5.78 Å². The van der Waals surface area contributed by atoms with Gasteiger partial charge in [0.1, 0.15) is 30.3 Å². The van der Waals surface area contributed by atoms with Crippen LogP contribution in [0.5, 0.6) is 11.5 Å². The van der Waals surface area contributed by atoms with E-state index in [2.05, 4.69) is 34.9 Å². The molecule has 0 spiro atoms. The zero-order chi connectivity index (χ0) is 33.3. The van der Waals surface area contributed by atoms with Crippen LogP contribution in [0.1, 0.15) is 80.4 Å². The molecule has 0 heterocycles. The summed E-state index contributed by atoms with van der Waals surface area (Å²) in [5.74, 6) is 0.977. The summed E-state index contributed by atoms with van der Waals surface area (Å²) in [5.41, 5.74) is 3.87. The number of ether oxygens (including phenoxy) is 4. The third-order valence-corrected chi connectivity index (χ3v) is 7.61. The molecule has 1 atom stereocenters. The fourth-order valence-electron chi connectivity index (χ4n) is 5.30. The average Bonchev–Trinajstić information content (AvgIpc) is 3.01. The largest absolute Gasteiger partial charge is 0.497 e. The minimum absolute atomic E-state index is 0.0243. The quantitative estimate of drug-likeness (QED) is 0.159. The summed E-state index contributed by atoms with van der Waals surface area (Å²) in [4.78, 5) is 37.4. The molecule has 9 heteroatoms. The van der Waals surface area contributed by atoms with E-state index in [4.69, 9.17) is 18.9 Å². The highest BCUT2D eigenvalue weighted by Gasteiger charge is 2.26. The topological polar surface area (TPSA) is 112 Å². The molecular weight excluding hydrogens is 584 g/mol. The van der Waals surface area contributed by atoms with Crippen molar-refractivity contribution in [2.45, 2.75) is 77.4 Å². The summed E-state index contributed by atoms with van der Waals surface area (Å²) in [5, 5.41) is 6.03. The van der Waals surface area contributed by atoms with E-state index in [9.17, 15) is 14.4 Å². The Kier molecular flexibility index (Phi) is 11.3. The monoisotopic (exact) mass is 629 g/mol. The van der Waals surface area contributed by atoms with Crippen molar-refractivity contribution in [3.05, 3.63) is 89.0 Å². The minimum Gasteiger partial charge on any atom is -0.497 e. The van der Waals surface area contributed by atoms with Crippen LogP contribution in [0.3, 0.4) is 0 Å². The van der Waals surface area contributed by atoms with Crippen molar-refractivity contribution in [3.63, 3.8) is 0 Å². The third-order valence-electron chi connectivity index (χ3n) is 7.61. The van der Waals surface area contributed by atoms with Gasteiger partial charge in [0.2, 0.25) is 0 Å². The second kappa shape index (κ2) is 15.2. The molecule has 0 saturated heterocycles. The molecule has 9 nitrogen and oxygen atoms in total. The molecule has 1 radical (unpaired) electrons. The molecule has 0 saturated carbocycles. The molecule has 0 aliphatic heterocycles. The van der Waals surface area contributed by atoms with E-state index in [0.29, 0.717) is 23.0 Å². The lowest BCUT2D eigenvalue weighted by molar-refractivity contribution is -0.141. The number of fused-ring (bicyclic) bond motifs is 1. The van der Waals surface area contributed by atoms with Crippen molar-refractivity contribution in [3.8, 4) is 11.5 Å². The van der Waals surface area contributed by atoms with E-state index in [-0.39, 0.29) is 32.0 Å². The van der Waals surface area contributed by atoms with E-state index < -0.39 is 23.2 Å². The van der Waals surface area contributed by atoms with Gasteiger partial charge < -0.3 is 29.6 Å². The van der Waals surface area contributed by atoms with Gasteiger partial charge in [0.05, 0.1) is 19.3 Å². The first-order chi connectivity index (χ1) is 21.8. The number of carbonyl (C=O) groups is 3. The normalized spacial score (nSPS) is 14.4. The van der Waals surface area contributed by atoms with Crippen molar-refractivity contribution in [1.29, 1.82) is 0 Å². The van der Waals surface area contributed by atoms with Crippen LogP contribution >= 0.6 is 0 Å². The Morgan fingerprint density at radius 1 is 0.957 bits per heavy atom. The second-order valence-electron chi connectivity index (χ2n) is 13.2. The lowest BCUT2D eigenvalue weighted by Crippen LogP contribution is -2.49. The number of ketones is 1. The van der Waals surface area contributed by atoms with Crippen LogP contribution in [0.2, 0.25) is 0 Å². The minimum atomic E-state index is -0.676. The van der Waals surface area contributed by atoms with E-state index in [1.54, 1.807) is 52.1 Å². The fourth-order valence-corrected chi connectivity index (χ4v) is 5.30. The number of aryl methyl sites for hydroxylation is 1. The summed E-state index contributed by atoms with van der Waals surface area (Å²) in [6.07, 6.45) is 2.46. The number of Topliss-reactive ketones (excluding diaryl/α,β-unsaturated/α-hetero) is 1. The number of amides is 1. The van der Waals surface area contributed by atoms with Crippen molar-refractivity contribution >= 4 is 23.5 Å². The summed E-state index contributed by atoms with van der Waals surface area (Å²) in [6.45, 7) is 9.21. The fraction of sp³-hybridized carbons (Fsp3) is 0.432. The first-order valence-electron chi connectivity index (χ1n) is 15.6. The van der Waals surface area contributed by atoms with Gasteiger partial charge in [-0.15, -0.1) is 0 Å². The predicted molar refractivity (Wildman–Crippen MR) is 177 cm³/mol. The molecular formula is C37H45N2O7. The number of carbonyl (C=O) groups excluding carboxylic acids is 3. The highest BCUT2D eigenvalue weighted by Crippen LogP contribution is 2.37. The molecule has 1 aliphatic rings. The first-order valence-corrected chi connectivity index (χ1v) is 15.6. The summed E-state index contributed by atoms with van der Waals surface area (Å²) >= 11 is 0. The number of methoxy groups -OCH3 is 1. The van der Waals surface area contributed by atoms with Crippen LogP contribution in [0.15, 0.2) is 60.7 Å². The van der Waals surface area contributed by atoms with E-state index in [1.165, 1.54) is 11.1 Å². The number of alkyl carbamates (subject to hydrolysis) is 1. The standard InChI is InChI=1S/C37H45N2O7/c1-36(2,3)46-35(42)39-37(4,5)24-45-29-15-13-26(14-16-29)33(40)19-20-44-34(41)23-38-32-22-30(43-6)17-18-31(32)28-12-11-25-9-7-8-10-27(25)21-28/h8-10,13-18,22,28,38H,11-12,19-21,23-24H2,1-6H3,(H,39,42)/t28-/m1/s1. The van der Waals surface area contributed by atoms with Crippen molar-refractivity contribution in [2.24, 2.45) is 0 Å². The van der Waals surface area contributed by atoms with E-state index >= 15 is 0 Å². The lowest BCUT2D eigenvalue weighted by Gasteiger charge is -2.28. The van der Waals surface area contributed by atoms with Crippen molar-refractivity contribution in [2.75, 3.05) is 32.2 Å². The van der Waals surface area contributed by atoms with Crippen LogP contribution in [-0.2, 0) is 27.1 Å². The summed E-state index contributed by atoms with van der Waals surface area (Å²) in [6, 6.07) is 22.0. The van der Waals surface area contributed by atoms with Gasteiger partial charge in [0, 0.05) is 23.7 Å². The molecule has 2 N–H and O–H groups in total. The Morgan fingerprint density at radius 2 is 1.70 bits per heavy atom. The Bertz CT molecular complexity index is 1510. The Hall–Kier alpha value is -4.53. The average molecular weight is 630 g/mol. The zero-order valence-electron chi connectivity index (χ0n) is 27.7. The molecule has 0 bridgehead atoms. The van der Waals surface area contributed by atoms with Crippen molar-refractivity contribution in [1.82, 2.24) is 5.32 Å². The van der Waals surface area contributed by atoms with Crippen molar-refractivity contribution < 1.29 is 33.3 Å². The summed E-state index contributed by atoms with van der Waals surface area (Å²) < 4.78 is 21.9. The van der Waals surface area contributed by atoms with Gasteiger partial charge >= 0.3 is 12.1 Å². The molecule has 0 unspecified atom stereocenters. The zero-order valence-corrected chi connectivity index (χ0v) is 27.7. The molecule has 0 fully saturated rings. The van der Waals surface area contributed by atoms with Gasteiger partial charge in [-0.05, 0) is 113 Å². The van der Waals surface area contributed by atoms with Gasteiger partial charge in [-0.25, -0.2) is 4.79 Å². The Balaban J connectivity index is 1.22. The Morgan fingerprint density at radius 3 is 2.41 bits per heavy atom. The first kappa shape index (κ1) is 34.3. The molecule has 3 aromatic rings. The van der Waals surface area contributed by atoms with Gasteiger partial charge in [-0.1, -0.05) is 24.3 Å². The number of hydrogen-bond donors (Lipinski definition) is 2. The van der Waals surface area contributed by atoms with Gasteiger partial charge in [-0.3, -0.25) is 9.59 Å². The number of anilines is 1. The molecule has 3 aromatic carbocycles. The second-order valence-corrected chi connectivity index (χ2v) is 13.2. The van der Waals surface area contributed by atoms with Gasteiger partial charge in [-0.2, -0.15) is 0 Å². The van der Waals surface area contributed by atoms with Gasteiger partial charge in [0.25, 0.3) is 0 Å². The van der Waals surface area contributed by atoms with Crippen LogP contribution in [0.4, 0.5) is 10.5 Å². The number of benzene rings is 3. The lowest BCUT2D eigenvalue weighted by atomic mass is 9.79. The Labute approximate surface area is 272 Å². The highest BCUT2D eigenvalue weighted by molar-refractivity contribution is 5.96. The maximum atomic E-state index is 12.7. The molecule has 4 rings (SSSR count). The predicted octanol–water partition coefficient (Wildman–Crippen LogP) is 6.68. The van der Waals surface area contributed by atoms with Crippen LogP contribution in [-0.4, -0.2) is 55.9 Å². The number of esters is 1. The maximum Gasteiger partial charge on any atom is 0.408 e. The molecule has 46 heavy (non-hydrogen) atoms. The smallest absolute Gasteiger partial charge is 0.408 e. The van der Waals surface area contributed by atoms with Crippen LogP contribution < -0.4 is 20.1 Å². The number of nitrogens with one attached hydrogen (secondary N) is 2. The third kappa shape index (κ3) is 10.3. The van der Waals surface area contributed by atoms with Crippen LogP contribution in [0, 0.1) is 6.07 Å². The van der Waals surface area contributed by atoms with E-state index in [1.807, 2.05) is 32.0 Å². The molecule has 245 valence electrons. The number of hydrogen-bond acceptors (Lipinski definition) is 8. The van der Waals surface area contributed by atoms with E-state index in [0.717, 1.165) is 30.5 Å². The SMILES string of the molecule is COc1ccc([C@@H]2CCc3c[c]ccc3C2)c(NCC(=O)OCCC(=O)c2ccc(OCC(C)(C)NC(=O)OC(C)(C)C)cc2)c1. The maximum absolute atomic E-state index is 12.7. The molecule has 0 aromatic heterocycles. The molecule has 1 aliphatic carbocycles. The number of rotatable bonds is 13. The molecule has 1 amide bonds. The summed E-state index contributed by atoms with van der Waals surface area (Å²) in [7, 11) is 1.62. The highest BCUT2D eigenvalue weighted by atomic mass is 16.6.